The molecule has 2 aromatic heterocycles. The lowest BCUT2D eigenvalue weighted by atomic mass is 10.2. The van der Waals surface area contributed by atoms with E-state index in [-0.39, 0.29) is 11.6 Å². The van der Waals surface area contributed by atoms with Crippen LogP contribution in [0.2, 0.25) is 0 Å². The normalized spacial score (nSPS) is 12.7. The van der Waals surface area contributed by atoms with Gasteiger partial charge in [-0.3, -0.25) is 9.20 Å². The SMILES string of the molecule is CC(CSCCn1nc2ccccn2c1=O)C(=O)O. The third-order valence-corrected chi connectivity index (χ3v) is 3.93. The van der Waals surface area contributed by atoms with Crippen molar-refractivity contribution >= 4 is 23.4 Å². The third-order valence-electron chi connectivity index (χ3n) is 2.73. The average molecular weight is 281 g/mol. The van der Waals surface area contributed by atoms with Crippen molar-refractivity contribution in [1.29, 1.82) is 0 Å². The van der Waals surface area contributed by atoms with Gasteiger partial charge >= 0.3 is 11.7 Å². The molecule has 2 rings (SSSR count). The quantitative estimate of drug-likeness (QED) is 0.798. The minimum atomic E-state index is -0.794. The molecule has 0 aliphatic rings. The first-order chi connectivity index (χ1) is 9.09. The highest BCUT2D eigenvalue weighted by atomic mass is 32.2. The highest BCUT2D eigenvalue weighted by molar-refractivity contribution is 7.99. The van der Waals surface area contributed by atoms with E-state index < -0.39 is 5.97 Å². The number of aliphatic carboxylic acids is 1. The van der Waals surface area contributed by atoms with E-state index in [9.17, 15) is 9.59 Å². The Bertz CT molecular complexity index is 634. The second-order valence-electron chi connectivity index (χ2n) is 4.25. The molecule has 0 aromatic carbocycles. The lowest BCUT2D eigenvalue weighted by molar-refractivity contribution is -0.140. The monoisotopic (exact) mass is 281 g/mol. The van der Waals surface area contributed by atoms with Crippen LogP contribution in [0.15, 0.2) is 29.2 Å². The van der Waals surface area contributed by atoms with Crippen molar-refractivity contribution < 1.29 is 9.90 Å². The highest BCUT2D eigenvalue weighted by Crippen LogP contribution is 2.08. The fraction of sp³-hybridized carbons (Fsp3) is 0.417. The van der Waals surface area contributed by atoms with Crippen molar-refractivity contribution in [2.75, 3.05) is 11.5 Å². The first-order valence-corrected chi connectivity index (χ1v) is 7.10. The van der Waals surface area contributed by atoms with Gasteiger partial charge in [0.15, 0.2) is 5.65 Å². The van der Waals surface area contributed by atoms with Gasteiger partial charge in [0.1, 0.15) is 0 Å². The van der Waals surface area contributed by atoms with Crippen LogP contribution in [-0.4, -0.2) is 36.8 Å². The molecule has 102 valence electrons. The van der Waals surface area contributed by atoms with Gasteiger partial charge in [0, 0.05) is 17.7 Å². The molecule has 0 bridgehead atoms. The number of nitrogens with zero attached hydrogens (tertiary/aromatic N) is 3. The molecule has 6 nitrogen and oxygen atoms in total. The summed E-state index contributed by atoms with van der Waals surface area (Å²) in [7, 11) is 0. The van der Waals surface area contributed by atoms with E-state index in [0.717, 1.165) is 0 Å². The van der Waals surface area contributed by atoms with Crippen molar-refractivity contribution in [3.63, 3.8) is 0 Å². The molecule has 19 heavy (non-hydrogen) atoms. The standard InChI is InChI=1S/C12H15N3O3S/c1-9(11(16)17)8-19-7-6-15-12(18)14-5-3-2-4-10(14)13-15/h2-5,9H,6-8H2,1H3,(H,16,17). The fourth-order valence-corrected chi connectivity index (χ4v) is 2.56. The average Bonchev–Trinajstić information content (AvgIpc) is 2.72. The summed E-state index contributed by atoms with van der Waals surface area (Å²) in [6, 6.07) is 5.39. The number of carboxylic acid groups (broad SMARTS) is 1. The molecule has 0 amide bonds. The van der Waals surface area contributed by atoms with E-state index in [1.165, 1.54) is 20.8 Å². The van der Waals surface area contributed by atoms with E-state index in [4.69, 9.17) is 5.11 Å². The Morgan fingerprint density at radius 1 is 1.53 bits per heavy atom. The van der Waals surface area contributed by atoms with Gasteiger partial charge in [-0.25, -0.2) is 9.48 Å². The van der Waals surface area contributed by atoms with Crippen molar-refractivity contribution in [2.24, 2.45) is 5.92 Å². The predicted molar refractivity (Wildman–Crippen MR) is 73.6 cm³/mol. The predicted octanol–water partition coefficient (Wildman–Crippen LogP) is 0.950. The third kappa shape index (κ3) is 3.17. The Hall–Kier alpha value is -1.76. The van der Waals surface area contributed by atoms with E-state index in [1.54, 1.807) is 25.3 Å². The van der Waals surface area contributed by atoms with E-state index in [2.05, 4.69) is 5.10 Å². The zero-order chi connectivity index (χ0) is 13.8. The lowest BCUT2D eigenvalue weighted by Crippen LogP contribution is -2.22. The minimum Gasteiger partial charge on any atom is -0.481 e. The first kappa shape index (κ1) is 13.7. The van der Waals surface area contributed by atoms with Gasteiger partial charge in [-0.1, -0.05) is 13.0 Å². The number of aromatic nitrogens is 3. The number of carbonyl (C=O) groups is 1. The molecule has 2 aromatic rings. The summed E-state index contributed by atoms with van der Waals surface area (Å²) in [5, 5.41) is 13.0. The van der Waals surface area contributed by atoms with Crippen LogP contribution in [0.3, 0.4) is 0 Å². The largest absolute Gasteiger partial charge is 0.481 e. The Labute approximate surface area is 114 Å². The zero-order valence-corrected chi connectivity index (χ0v) is 11.3. The Morgan fingerprint density at radius 3 is 3.00 bits per heavy atom. The van der Waals surface area contributed by atoms with Gasteiger partial charge in [-0.15, -0.1) is 5.10 Å². The van der Waals surface area contributed by atoms with E-state index >= 15 is 0 Å². The van der Waals surface area contributed by atoms with Gasteiger partial charge in [0.2, 0.25) is 0 Å². The number of pyridine rings is 1. The Morgan fingerprint density at radius 2 is 2.32 bits per heavy atom. The molecule has 0 saturated heterocycles. The molecule has 2 heterocycles. The second kappa shape index (κ2) is 5.92. The van der Waals surface area contributed by atoms with Crippen LogP contribution < -0.4 is 5.69 Å². The number of rotatable bonds is 6. The number of fused-ring (bicyclic) bond motifs is 1. The van der Waals surface area contributed by atoms with Gasteiger partial charge in [-0.05, 0) is 12.1 Å². The van der Waals surface area contributed by atoms with E-state index in [1.807, 2.05) is 6.07 Å². The van der Waals surface area contributed by atoms with Crippen LogP contribution in [0.5, 0.6) is 0 Å². The van der Waals surface area contributed by atoms with E-state index in [0.29, 0.717) is 23.7 Å². The molecule has 1 atom stereocenters. The van der Waals surface area contributed by atoms with Crippen LogP contribution in [0, 0.1) is 5.92 Å². The molecule has 0 fully saturated rings. The molecule has 0 spiro atoms. The van der Waals surface area contributed by atoms with Crippen LogP contribution in [0.25, 0.3) is 5.65 Å². The van der Waals surface area contributed by atoms with Crippen LogP contribution >= 0.6 is 11.8 Å². The van der Waals surface area contributed by atoms with Crippen LogP contribution in [0.1, 0.15) is 6.92 Å². The van der Waals surface area contributed by atoms with Gasteiger partial charge in [0.05, 0.1) is 12.5 Å². The van der Waals surface area contributed by atoms with Crippen molar-refractivity contribution in [3.8, 4) is 0 Å². The van der Waals surface area contributed by atoms with Gasteiger partial charge in [0.25, 0.3) is 0 Å². The highest BCUT2D eigenvalue weighted by Gasteiger charge is 2.11. The molecule has 7 heteroatoms. The summed E-state index contributed by atoms with van der Waals surface area (Å²) in [5.74, 6) is 0.0407. The summed E-state index contributed by atoms with van der Waals surface area (Å²) in [6.45, 7) is 2.16. The van der Waals surface area contributed by atoms with Crippen LogP contribution in [0.4, 0.5) is 0 Å². The van der Waals surface area contributed by atoms with Crippen molar-refractivity contribution in [3.05, 3.63) is 34.9 Å². The maximum Gasteiger partial charge on any atom is 0.350 e. The number of hydrogen-bond acceptors (Lipinski definition) is 4. The molecule has 0 aliphatic heterocycles. The maximum absolute atomic E-state index is 11.9. The topological polar surface area (TPSA) is 76.6 Å². The van der Waals surface area contributed by atoms with Crippen molar-refractivity contribution in [1.82, 2.24) is 14.2 Å². The maximum atomic E-state index is 11.9. The van der Waals surface area contributed by atoms with Gasteiger partial charge < -0.3 is 5.11 Å². The summed E-state index contributed by atoms with van der Waals surface area (Å²) in [5.41, 5.74) is 0.457. The van der Waals surface area contributed by atoms with Crippen LogP contribution in [-0.2, 0) is 11.3 Å². The molecular weight excluding hydrogens is 266 g/mol. The zero-order valence-electron chi connectivity index (χ0n) is 10.5. The summed E-state index contributed by atoms with van der Waals surface area (Å²) < 4.78 is 2.90. The van der Waals surface area contributed by atoms with Gasteiger partial charge in [-0.2, -0.15) is 11.8 Å². The molecule has 0 radical (unpaired) electrons. The molecule has 1 N–H and O–H groups in total. The number of aryl methyl sites for hydroxylation is 1. The van der Waals surface area contributed by atoms with Crippen molar-refractivity contribution in [2.45, 2.75) is 13.5 Å². The minimum absolute atomic E-state index is 0.164. The summed E-state index contributed by atoms with van der Waals surface area (Å²) in [6.07, 6.45) is 1.68. The molecule has 0 aliphatic carbocycles. The first-order valence-electron chi connectivity index (χ1n) is 5.94. The Kier molecular flexibility index (Phi) is 4.26. The summed E-state index contributed by atoms with van der Waals surface area (Å²) in [4.78, 5) is 22.6. The fourth-order valence-electron chi connectivity index (χ4n) is 1.60. The molecule has 0 saturated carbocycles. The summed E-state index contributed by atoms with van der Waals surface area (Å²) >= 11 is 1.51. The second-order valence-corrected chi connectivity index (χ2v) is 5.40. The Balaban J connectivity index is 1.94. The molecule has 1 unspecified atom stereocenters. The number of hydrogen-bond donors (Lipinski definition) is 1. The molecular formula is C12H15N3O3S. The smallest absolute Gasteiger partial charge is 0.350 e. The lowest BCUT2D eigenvalue weighted by Gasteiger charge is -2.04. The number of thioether (sulfide) groups is 1. The number of carboxylic acids is 1.